The lowest BCUT2D eigenvalue weighted by atomic mass is 10.5. The summed E-state index contributed by atoms with van der Waals surface area (Å²) in [5.74, 6) is 0. The van der Waals surface area contributed by atoms with Gasteiger partial charge in [0.2, 0.25) is 0 Å². The monoisotopic (exact) mass is 364 g/mol. The molecule has 0 aromatic rings. The van der Waals surface area contributed by atoms with Crippen LogP contribution in [0.4, 0.5) is 0 Å². The molecule has 0 aliphatic carbocycles. The van der Waals surface area contributed by atoms with Gasteiger partial charge >= 0.3 is 15.2 Å². The van der Waals surface area contributed by atoms with Crippen molar-refractivity contribution in [3.05, 3.63) is 0 Å². The molecule has 0 aromatic carbocycles. The second-order valence-electron chi connectivity index (χ2n) is 4.03. The maximum atomic E-state index is 11.3. The zero-order valence-corrected chi connectivity index (χ0v) is 16.2. The molecule has 8 nitrogen and oxygen atoms in total. The Labute approximate surface area is 133 Å². The lowest BCUT2D eigenvalue weighted by Gasteiger charge is -2.12. The smallest absolute Gasteiger partial charge is 0.355 e. The van der Waals surface area contributed by atoms with Crippen molar-refractivity contribution in [3.63, 3.8) is 0 Å². The average molecular weight is 364 g/mol. The fraction of sp³-hybridized carbons (Fsp3) is 1.00. The third-order valence-corrected chi connectivity index (χ3v) is 5.53. The second kappa shape index (κ2) is 14.8. The molecule has 136 valence electrons. The highest BCUT2D eigenvalue weighted by Gasteiger charge is 2.21. The first-order valence-corrected chi connectivity index (χ1v) is 10.4. The van der Waals surface area contributed by atoms with Crippen LogP contribution in [-0.2, 0) is 36.7 Å². The molecule has 0 heterocycles. The summed E-state index contributed by atoms with van der Waals surface area (Å²) >= 11 is 0. The van der Waals surface area contributed by atoms with Crippen LogP contribution in [0.2, 0.25) is 0 Å². The molecule has 0 saturated carbocycles. The van der Waals surface area contributed by atoms with E-state index in [1.165, 1.54) is 28.4 Å². The zero-order chi connectivity index (χ0) is 17.5. The summed E-state index contributed by atoms with van der Waals surface area (Å²) in [6.45, 7) is 5.11. The van der Waals surface area contributed by atoms with Gasteiger partial charge in [-0.2, -0.15) is 0 Å². The summed E-state index contributed by atoms with van der Waals surface area (Å²) in [5, 5.41) is 0. The Bertz CT molecular complexity index is 289. The van der Waals surface area contributed by atoms with Crippen molar-refractivity contribution in [1.29, 1.82) is 0 Å². The van der Waals surface area contributed by atoms with Gasteiger partial charge in [-0.05, 0) is 12.8 Å². The maximum absolute atomic E-state index is 11.3. The van der Waals surface area contributed by atoms with Crippen LogP contribution in [0.15, 0.2) is 0 Å². The average Bonchev–Trinajstić information content (AvgIpc) is 2.55. The minimum absolute atomic E-state index is 0.0356. The highest BCUT2D eigenvalue weighted by Crippen LogP contribution is 2.46. The van der Waals surface area contributed by atoms with Crippen LogP contribution in [0.3, 0.4) is 0 Å². The number of hydrogen-bond donors (Lipinski definition) is 0. The van der Waals surface area contributed by atoms with Gasteiger partial charge in [0, 0.05) is 41.7 Å². The van der Waals surface area contributed by atoms with Crippen molar-refractivity contribution < 1.29 is 36.7 Å². The molecule has 0 fully saturated rings. The molecule has 0 amide bonds. The molecule has 0 aromatic heterocycles. The molecule has 0 rings (SSSR count). The Morgan fingerprint density at radius 3 is 1.09 bits per heavy atom. The summed E-state index contributed by atoms with van der Waals surface area (Å²) in [4.78, 5) is 0. The maximum Gasteiger partial charge on any atom is 0.355 e. The van der Waals surface area contributed by atoms with Crippen LogP contribution in [0.5, 0.6) is 0 Å². The van der Waals surface area contributed by atoms with E-state index in [9.17, 15) is 9.13 Å². The van der Waals surface area contributed by atoms with Crippen LogP contribution in [0.1, 0.15) is 26.7 Å². The van der Waals surface area contributed by atoms with Crippen LogP contribution in [-0.4, -0.2) is 54.3 Å². The predicted molar refractivity (Wildman–Crippen MR) is 85.5 cm³/mol. The minimum atomic E-state index is -2.93. The Morgan fingerprint density at radius 1 is 0.636 bits per heavy atom. The molecule has 0 atom stereocenters. The van der Waals surface area contributed by atoms with Crippen LogP contribution in [0.25, 0.3) is 0 Å². The van der Waals surface area contributed by atoms with Crippen LogP contribution < -0.4 is 0 Å². The summed E-state index contributed by atoms with van der Waals surface area (Å²) in [5.41, 5.74) is 0. The van der Waals surface area contributed by atoms with E-state index >= 15 is 0 Å². The third-order valence-electron chi connectivity index (χ3n) is 2.31. The summed E-state index contributed by atoms with van der Waals surface area (Å²) in [6.07, 6.45) is 1.86. The van der Waals surface area contributed by atoms with Gasteiger partial charge in [-0.1, -0.05) is 13.8 Å². The fourth-order valence-corrected chi connectivity index (χ4v) is 2.43. The van der Waals surface area contributed by atoms with Gasteiger partial charge in [-0.25, -0.2) is 0 Å². The molecule has 0 unspecified atom stereocenters. The summed E-state index contributed by atoms with van der Waals surface area (Å²) in [7, 11) is -0.479. The van der Waals surface area contributed by atoms with Gasteiger partial charge in [-0.3, -0.25) is 9.13 Å². The number of ether oxygens (including phenoxy) is 2. The SMILES string of the molecule is CCCOCP(=O)(OC)OC.CCCOCP(=O)(OC)OC. The van der Waals surface area contributed by atoms with Crippen molar-refractivity contribution >= 4 is 15.2 Å². The Balaban J connectivity index is 0. The Kier molecular flexibility index (Phi) is 16.5. The van der Waals surface area contributed by atoms with E-state index in [0.29, 0.717) is 13.2 Å². The Hall–Kier alpha value is 0.220. The second-order valence-corrected chi connectivity index (χ2v) is 8.45. The number of rotatable bonds is 12. The normalized spacial score (nSPS) is 11.9. The summed E-state index contributed by atoms with van der Waals surface area (Å²) < 4.78 is 51.1. The van der Waals surface area contributed by atoms with Crippen molar-refractivity contribution in [2.24, 2.45) is 0 Å². The topological polar surface area (TPSA) is 89.5 Å². The first-order chi connectivity index (χ1) is 10.4. The lowest BCUT2D eigenvalue weighted by Crippen LogP contribution is -2.00. The van der Waals surface area contributed by atoms with E-state index < -0.39 is 15.2 Å². The minimum Gasteiger partial charge on any atom is -0.369 e. The highest BCUT2D eigenvalue weighted by atomic mass is 31.2. The molecule has 0 bridgehead atoms. The van der Waals surface area contributed by atoms with Crippen molar-refractivity contribution in [2.45, 2.75) is 26.7 Å². The van der Waals surface area contributed by atoms with Gasteiger partial charge in [0.05, 0.1) is 0 Å². The van der Waals surface area contributed by atoms with Gasteiger partial charge in [0.15, 0.2) is 0 Å². The Morgan fingerprint density at radius 2 is 0.909 bits per heavy atom. The highest BCUT2D eigenvalue weighted by molar-refractivity contribution is 7.53. The van der Waals surface area contributed by atoms with E-state index in [2.05, 4.69) is 18.1 Å². The van der Waals surface area contributed by atoms with Crippen LogP contribution in [0, 0.1) is 0 Å². The molecule has 0 spiro atoms. The van der Waals surface area contributed by atoms with Gasteiger partial charge in [0.1, 0.15) is 12.7 Å². The van der Waals surface area contributed by atoms with Crippen molar-refractivity contribution in [2.75, 3.05) is 54.3 Å². The third kappa shape index (κ3) is 12.7. The van der Waals surface area contributed by atoms with E-state index in [-0.39, 0.29) is 12.7 Å². The molecule has 0 saturated heterocycles. The quantitative estimate of drug-likeness (QED) is 0.382. The lowest BCUT2D eigenvalue weighted by molar-refractivity contribution is 0.145. The molecule has 10 heteroatoms. The van der Waals surface area contributed by atoms with Gasteiger partial charge < -0.3 is 27.6 Å². The van der Waals surface area contributed by atoms with Crippen molar-refractivity contribution in [3.8, 4) is 0 Å². The predicted octanol–water partition coefficient (Wildman–Crippen LogP) is 3.71. The largest absolute Gasteiger partial charge is 0.369 e. The molecule has 0 aliphatic rings. The molecule has 0 radical (unpaired) electrons. The van der Waals surface area contributed by atoms with E-state index in [1.807, 2.05) is 13.8 Å². The molecule has 0 aliphatic heterocycles. The first kappa shape index (κ1) is 24.5. The van der Waals surface area contributed by atoms with E-state index in [0.717, 1.165) is 12.8 Å². The van der Waals surface area contributed by atoms with E-state index in [1.54, 1.807) is 0 Å². The zero-order valence-electron chi connectivity index (χ0n) is 14.4. The van der Waals surface area contributed by atoms with Crippen LogP contribution >= 0.6 is 15.2 Å². The van der Waals surface area contributed by atoms with E-state index in [4.69, 9.17) is 9.47 Å². The fourth-order valence-electron chi connectivity index (χ4n) is 1.00. The van der Waals surface area contributed by atoms with Gasteiger partial charge in [-0.15, -0.1) is 0 Å². The molecular formula is C12H30O8P2. The van der Waals surface area contributed by atoms with Crippen molar-refractivity contribution in [1.82, 2.24) is 0 Å². The summed E-state index contributed by atoms with van der Waals surface area (Å²) in [6, 6.07) is 0. The first-order valence-electron chi connectivity index (χ1n) is 6.93. The molecule has 0 N–H and O–H groups in total. The standard InChI is InChI=1S/2C6H15O4P/c2*1-4-5-10-6-11(7,8-2)9-3/h2*4-6H2,1-3H3. The molecule has 22 heavy (non-hydrogen) atoms. The number of hydrogen-bond acceptors (Lipinski definition) is 8. The van der Waals surface area contributed by atoms with Gasteiger partial charge in [0.25, 0.3) is 0 Å². The molecular weight excluding hydrogens is 334 g/mol.